The second-order valence-corrected chi connectivity index (χ2v) is 5.31. The average molecular weight is 391 g/mol. The highest BCUT2D eigenvalue weighted by molar-refractivity contribution is 6.31. The molecule has 1 saturated heterocycles. The third-order valence-electron chi connectivity index (χ3n) is 3.56. The van der Waals surface area contributed by atoms with Crippen LogP contribution in [0.3, 0.4) is 0 Å². The predicted molar refractivity (Wildman–Crippen MR) is 88.4 cm³/mol. The van der Waals surface area contributed by atoms with E-state index in [2.05, 4.69) is 11.4 Å². The maximum atomic E-state index is 12.9. The topological polar surface area (TPSA) is 39.1 Å². The SMILES string of the molecule is Cl.Cl.N#CC[C@H](c1ccc(Cl)c(C(F)(F)F)c1)N1CCNCC1. The molecule has 0 saturated carbocycles. The van der Waals surface area contributed by atoms with Crippen LogP contribution in [0, 0.1) is 11.3 Å². The van der Waals surface area contributed by atoms with Crippen LogP contribution in [0.4, 0.5) is 13.2 Å². The van der Waals surface area contributed by atoms with Crippen LogP contribution in [0.15, 0.2) is 18.2 Å². The molecule has 3 nitrogen and oxygen atoms in total. The first-order valence-electron chi connectivity index (χ1n) is 6.62. The van der Waals surface area contributed by atoms with Crippen molar-refractivity contribution < 1.29 is 13.2 Å². The minimum atomic E-state index is -4.49. The van der Waals surface area contributed by atoms with Crippen LogP contribution >= 0.6 is 36.4 Å². The summed E-state index contributed by atoms with van der Waals surface area (Å²) in [6, 6.07) is 5.61. The molecule has 0 aromatic heterocycles. The molecule has 0 spiro atoms. The van der Waals surface area contributed by atoms with E-state index < -0.39 is 11.7 Å². The van der Waals surface area contributed by atoms with Crippen LogP contribution in [0.25, 0.3) is 0 Å². The van der Waals surface area contributed by atoms with Gasteiger partial charge in [-0.25, -0.2) is 0 Å². The van der Waals surface area contributed by atoms with Crippen molar-refractivity contribution in [2.75, 3.05) is 26.2 Å². The predicted octanol–water partition coefficient (Wildman–Crippen LogP) is 4.06. The summed E-state index contributed by atoms with van der Waals surface area (Å²) in [5.41, 5.74) is -0.366. The minimum Gasteiger partial charge on any atom is -0.314 e. The number of piperazine rings is 1. The molecule has 1 aromatic carbocycles. The number of nitriles is 1. The summed E-state index contributed by atoms with van der Waals surface area (Å²) in [5, 5.41) is 11.8. The Bertz CT molecular complexity index is 540. The van der Waals surface area contributed by atoms with Crippen LogP contribution in [-0.2, 0) is 6.18 Å². The van der Waals surface area contributed by atoms with Gasteiger partial charge in [-0.15, -0.1) is 24.8 Å². The Balaban J connectivity index is 0.00000242. The Kier molecular flexibility index (Phi) is 9.26. The zero-order valence-electron chi connectivity index (χ0n) is 12.1. The van der Waals surface area contributed by atoms with Crippen molar-refractivity contribution >= 4 is 36.4 Å². The fourth-order valence-electron chi connectivity index (χ4n) is 2.51. The van der Waals surface area contributed by atoms with E-state index in [-0.39, 0.29) is 42.3 Å². The highest BCUT2D eigenvalue weighted by Gasteiger charge is 2.34. The van der Waals surface area contributed by atoms with Gasteiger partial charge in [0.2, 0.25) is 0 Å². The molecule has 1 aliphatic heterocycles. The van der Waals surface area contributed by atoms with E-state index in [1.54, 1.807) is 6.07 Å². The second-order valence-electron chi connectivity index (χ2n) is 4.90. The van der Waals surface area contributed by atoms with Crippen molar-refractivity contribution in [3.63, 3.8) is 0 Å². The average Bonchev–Trinajstić information content (AvgIpc) is 2.45. The van der Waals surface area contributed by atoms with Gasteiger partial charge in [-0.1, -0.05) is 17.7 Å². The molecule has 130 valence electrons. The Morgan fingerprint density at radius 1 is 1.26 bits per heavy atom. The Morgan fingerprint density at radius 3 is 2.39 bits per heavy atom. The second kappa shape index (κ2) is 9.55. The monoisotopic (exact) mass is 389 g/mol. The van der Waals surface area contributed by atoms with Crippen LogP contribution in [-0.4, -0.2) is 31.1 Å². The molecule has 0 aliphatic carbocycles. The molecular formula is C14H17Cl3F3N3. The first kappa shape index (κ1) is 22.3. The summed E-state index contributed by atoms with van der Waals surface area (Å²) in [6.07, 6.45) is -4.34. The molecule has 23 heavy (non-hydrogen) atoms. The Hall–Kier alpha value is -0.710. The molecule has 9 heteroatoms. The van der Waals surface area contributed by atoms with Crippen LogP contribution in [0.5, 0.6) is 0 Å². The standard InChI is InChI=1S/C14H15ClF3N3.2ClH/c15-12-2-1-10(9-11(12)14(16,17)18)13(3-4-19)21-7-5-20-6-8-21;;/h1-2,9,13,20H,3,5-8H2;2*1H/t13-;;/m1../s1. The highest BCUT2D eigenvalue weighted by Crippen LogP contribution is 2.37. The summed E-state index contributed by atoms with van der Waals surface area (Å²) in [5.74, 6) is 0. The zero-order chi connectivity index (χ0) is 15.5. The largest absolute Gasteiger partial charge is 0.417 e. The summed E-state index contributed by atoms with van der Waals surface area (Å²) >= 11 is 5.64. The summed E-state index contributed by atoms with van der Waals surface area (Å²) in [6.45, 7) is 2.94. The molecule has 0 amide bonds. The molecule has 1 aliphatic rings. The molecule has 1 fully saturated rings. The lowest BCUT2D eigenvalue weighted by Gasteiger charge is -2.34. The highest BCUT2D eigenvalue weighted by atomic mass is 35.5. The number of hydrogen-bond acceptors (Lipinski definition) is 3. The lowest BCUT2D eigenvalue weighted by molar-refractivity contribution is -0.137. The quantitative estimate of drug-likeness (QED) is 0.846. The summed E-state index contributed by atoms with van der Waals surface area (Å²) in [4.78, 5) is 2.03. The summed E-state index contributed by atoms with van der Waals surface area (Å²) in [7, 11) is 0. The van der Waals surface area contributed by atoms with E-state index in [9.17, 15) is 13.2 Å². The number of benzene rings is 1. The number of nitrogens with zero attached hydrogens (tertiary/aromatic N) is 2. The van der Waals surface area contributed by atoms with E-state index in [0.717, 1.165) is 19.2 Å². The fraction of sp³-hybridized carbons (Fsp3) is 0.500. The Labute approximate surface area is 150 Å². The van der Waals surface area contributed by atoms with Crippen molar-refractivity contribution in [2.24, 2.45) is 0 Å². The van der Waals surface area contributed by atoms with Gasteiger partial charge in [0, 0.05) is 32.2 Å². The third-order valence-corrected chi connectivity index (χ3v) is 3.89. The van der Waals surface area contributed by atoms with Gasteiger partial charge >= 0.3 is 6.18 Å². The molecule has 0 bridgehead atoms. The first-order chi connectivity index (χ1) is 9.93. The van der Waals surface area contributed by atoms with Crippen molar-refractivity contribution in [1.29, 1.82) is 5.26 Å². The van der Waals surface area contributed by atoms with Gasteiger partial charge in [-0.3, -0.25) is 4.90 Å². The zero-order valence-corrected chi connectivity index (χ0v) is 14.5. The maximum absolute atomic E-state index is 12.9. The lowest BCUT2D eigenvalue weighted by Crippen LogP contribution is -2.45. The van der Waals surface area contributed by atoms with E-state index in [1.165, 1.54) is 6.07 Å². The number of nitrogens with one attached hydrogen (secondary N) is 1. The van der Waals surface area contributed by atoms with E-state index >= 15 is 0 Å². The molecule has 1 aromatic rings. The molecule has 1 heterocycles. The van der Waals surface area contributed by atoms with Gasteiger partial charge in [0.1, 0.15) is 0 Å². The van der Waals surface area contributed by atoms with Crippen molar-refractivity contribution in [1.82, 2.24) is 10.2 Å². The number of rotatable bonds is 3. The number of alkyl halides is 3. The van der Waals surface area contributed by atoms with E-state index in [4.69, 9.17) is 16.9 Å². The van der Waals surface area contributed by atoms with Crippen molar-refractivity contribution in [2.45, 2.75) is 18.6 Å². The van der Waals surface area contributed by atoms with Gasteiger partial charge in [-0.2, -0.15) is 18.4 Å². The van der Waals surface area contributed by atoms with E-state index in [0.29, 0.717) is 18.7 Å². The summed E-state index contributed by atoms with van der Waals surface area (Å²) < 4.78 is 38.8. The smallest absolute Gasteiger partial charge is 0.314 e. The van der Waals surface area contributed by atoms with Gasteiger partial charge in [0.05, 0.1) is 23.1 Å². The van der Waals surface area contributed by atoms with E-state index in [1.807, 2.05) is 4.90 Å². The van der Waals surface area contributed by atoms with Gasteiger partial charge in [0.25, 0.3) is 0 Å². The fourth-order valence-corrected chi connectivity index (χ4v) is 2.73. The molecule has 1 atom stereocenters. The molecule has 1 N–H and O–H groups in total. The molecule has 2 rings (SSSR count). The number of halogens is 6. The maximum Gasteiger partial charge on any atom is 0.417 e. The van der Waals surface area contributed by atoms with Gasteiger partial charge in [0.15, 0.2) is 0 Å². The minimum absolute atomic E-state index is 0. The van der Waals surface area contributed by atoms with Crippen molar-refractivity contribution in [3.05, 3.63) is 34.3 Å². The molecule has 0 unspecified atom stereocenters. The molecular weight excluding hydrogens is 374 g/mol. The van der Waals surface area contributed by atoms with Crippen LogP contribution < -0.4 is 5.32 Å². The van der Waals surface area contributed by atoms with Crippen LogP contribution in [0.1, 0.15) is 23.6 Å². The normalized spacial score (nSPS) is 16.7. The first-order valence-corrected chi connectivity index (χ1v) is 6.99. The Morgan fingerprint density at radius 2 is 1.87 bits per heavy atom. The lowest BCUT2D eigenvalue weighted by atomic mass is 9.99. The van der Waals surface area contributed by atoms with Crippen molar-refractivity contribution in [3.8, 4) is 6.07 Å². The van der Waals surface area contributed by atoms with Gasteiger partial charge < -0.3 is 5.32 Å². The molecule has 0 radical (unpaired) electrons. The van der Waals surface area contributed by atoms with Gasteiger partial charge in [-0.05, 0) is 17.7 Å². The van der Waals surface area contributed by atoms with Crippen LogP contribution in [0.2, 0.25) is 5.02 Å². The third kappa shape index (κ3) is 5.70. The number of hydrogen-bond donors (Lipinski definition) is 1.